The molecular formula is C23H29NO4. The number of aromatic hydroxyl groups is 2. The van der Waals surface area contributed by atoms with Gasteiger partial charge in [-0.2, -0.15) is 0 Å². The van der Waals surface area contributed by atoms with Crippen LogP contribution in [0.4, 0.5) is 0 Å². The molecule has 1 aromatic carbocycles. The van der Waals surface area contributed by atoms with Gasteiger partial charge in [-0.05, 0) is 97.1 Å². The number of phenolic OH excluding ortho intramolecular Hbond substituents is 1. The van der Waals surface area contributed by atoms with E-state index in [9.17, 15) is 15.0 Å². The van der Waals surface area contributed by atoms with Crippen LogP contribution in [0.15, 0.2) is 41.3 Å². The Morgan fingerprint density at radius 2 is 1.93 bits per heavy atom. The Morgan fingerprint density at radius 1 is 1.11 bits per heavy atom. The van der Waals surface area contributed by atoms with Gasteiger partial charge in [0.2, 0.25) is 0 Å². The molecule has 5 atom stereocenters. The van der Waals surface area contributed by atoms with Crippen LogP contribution in [0.2, 0.25) is 0 Å². The highest BCUT2D eigenvalue weighted by molar-refractivity contribution is 5.40. The number of phenols is 1. The molecule has 1 heterocycles. The minimum Gasteiger partial charge on any atom is -0.508 e. The van der Waals surface area contributed by atoms with Crippen molar-refractivity contribution < 1.29 is 15.3 Å². The Bertz CT molecular complexity index is 907. The number of aliphatic hydroxyl groups is 1. The molecule has 150 valence electrons. The summed E-state index contributed by atoms with van der Waals surface area (Å²) in [6.07, 6.45) is 8.24. The maximum absolute atomic E-state index is 10.4. The number of benzene rings is 1. The fraction of sp³-hybridized carbons (Fsp3) is 0.522. The highest BCUT2D eigenvalue weighted by Crippen LogP contribution is 2.60. The molecule has 3 aliphatic carbocycles. The summed E-state index contributed by atoms with van der Waals surface area (Å²) in [6, 6.07) is 8.84. The molecule has 2 saturated carbocycles. The number of fused-ring (bicyclic) bond motifs is 5. The summed E-state index contributed by atoms with van der Waals surface area (Å²) >= 11 is 0. The lowest BCUT2D eigenvalue weighted by Crippen LogP contribution is -2.43. The quantitative estimate of drug-likeness (QED) is 0.558. The average molecular weight is 383 g/mol. The number of pyridine rings is 1. The highest BCUT2D eigenvalue weighted by atomic mass is 16.3. The zero-order chi connectivity index (χ0) is 19.9. The number of hydrogen-bond donors (Lipinski definition) is 4. The Hall–Kier alpha value is -2.27. The Morgan fingerprint density at radius 3 is 2.64 bits per heavy atom. The lowest BCUT2D eigenvalue weighted by Gasteiger charge is -2.50. The van der Waals surface area contributed by atoms with Crippen LogP contribution < -0.4 is 5.56 Å². The predicted molar refractivity (Wildman–Crippen MR) is 107 cm³/mol. The number of aryl methyl sites for hydroxylation is 1. The van der Waals surface area contributed by atoms with Crippen LogP contribution in [0.1, 0.15) is 56.1 Å². The van der Waals surface area contributed by atoms with E-state index < -0.39 is 5.56 Å². The van der Waals surface area contributed by atoms with Crippen molar-refractivity contribution in [2.24, 2.45) is 17.3 Å². The van der Waals surface area contributed by atoms with E-state index in [1.165, 1.54) is 42.7 Å². The molecule has 0 saturated heterocycles. The lowest BCUT2D eigenvalue weighted by atomic mass is 9.55. The van der Waals surface area contributed by atoms with Crippen LogP contribution in [-0.4, -0.2) is 26.4 Å². The standard InChI is InChI=1S/C18H24O2.C5H5NO2/c1-18-9-8-14-13-5-3-12(19)10-11(13)2-4-15(14)16(18)6-7-17(18)20;7-4-2-1-3-6-5(4)8/h3,5,10,14-17,19-20H,2,4,6-9H2,1H3;1-3,7H,(H,6,8)/t14-,15-,16+,17+,18+;/m1./s1. The molecule has 2 aromatic rings. The fourth-order valence-electron chi connectivity index (χ4n) is 5.95. The van der Waals surface area contributed by atoms with E-state index in [0.29, 0.717) is 17.6 Å². The molecule has 3 aliphatic rings. The maximum Gasteiger partial charge on any atom is 0.290 e. The summed E-state index contributed by atoms with van der Waals surface area (Å²) in [5, 5.41) is 28.6. The van der Waals surface area contributed by atoms with Crippen LogP contribution in [-0.2, 0) is 6.42 Å². The second kappa shape index (κ2) is 7.28. The van der Waals surface area contributed by atoms with E-state index in [2.05, 4.69) is 18.0 Å². The van der Waals surface area contributed by atoms with Crippen molar-refractivity contribution in [3.05, 3.63) is 58.0 Å². The summed E-state index contributed by atoms with van der Waals surface area (Å²) in [6.45, 7) is 2.32. The first-order chi connectivity index (χ1) is 13.4. The van der Waals surface area contributed by atoms with E-state index >= 15 is 0 Å². The van der Waals surface area contributed by atoms with Gasteiger partial charge in [-0.15, -0.1) is 0 Å². The van der Waals surface area contributed by atoms with E-state index in [-0.39, 0.29) is 17.3 Å². The van der Waals surface area contributed by atoms with Gasteiger partial charge >= 0.3 is 0 Å². The summed E-state index contributed by atoms with van der Waals surface area (Å²) in [4.78, 5) is 12.6. The maximum atomic E-state index is 10.4. The predicted octanol–water partition coefficient (Wildman–Crippen LogP) is 3.69. The number of hydrogen-bond acceptors (Lipinski definition) is 4. The van der Waals surface area contributed by atoms with Crippen molar-refractivity contribution in [3.63, 3.8) is 0 Å². The van der Waals surface area contributed by atoms with Crippen molar-refractivity contribution in [1.82, 2.24) is 4.98 Å². The van der Waals surface area contributed by atoms with Crippen LogP contribution in [0.5, 0.6) is 11.5 Å². The molecule has 1 aromatic heterocycles. The first-order valence-corrected chi connectivity index (χ1v) is 10.3. The van der Waals surface area contributed by atoms with E-state index in [1.807, 2.05) is 12.1 Å². The zero-order valence-corrected chi connectivity index (χ0v) is 16.3. The third-order valence-electron chi connectivity index (χ3n) is 7.46. The van der Waals surface area contributed by atoms with Crippen molar-refractivity contribution in [1.29, 1.82) is 0 Å². The van der Waals surface area contributed by atoms with Gasteiger partial charge in [-0.3, -0.25) is 4.79 Å². The fourth-order valence-corrected chi connectivity index (χ4v) is 5.95. The third kappa shape index (κ3) is 3.22. The van der Waals surface area contributed by atoms with Gasteiger partial charge in [0.15, 0.2) is 5.75 Å². The van der Waals surface area contributed by atoms with Crippen LogP contribution in [0.25, 0.3) is 0 Å². The minimum atomic E-state index is -0.451. The second-order valence-electron chi connectivity index (χ2n) is 8.82. The monoisotopic (exact) mass is 383 g/mol. The molecule has 5 rings (SSSR count). The molecule has 0 aliphatic heterocycles. The van der Waals surface area contributed by atoms with Gasteiger partial charge < -0.3 is 20.3 Å². The van der Waals surface area contributed by atoms with Crippen molar-refractivity contribution in [2.45, 2.75) is 57.5 Å². The molecule has 0 bridgehead atoms. The first kappa shape index (κ1) is 19.1. The SMILES string of the molecule is C[C@]12CC[C@@H]3c4ccc(O)cc4CC[C@H]3[C@@H]1CC[C@@H]2O.O=c1[nH]cccc1O. The number of aromatic amines is 1. The van der Waals surface area contributed by atoms with Gasteiger partial charge in [-0.25, -0.2) is 0 Å². The molecule has 0 spiro atoms. The van der Waals surface area contributed by atoms with Crippen molar-refractivity contribution in [3.8, 4) is 11.5 Å². The molecule has 4 N–H and O–H groups in total. The second-order valence-corrected chi connectivity index (χ2v) is 8.82. The molecule has 5 nitrogen and oxygen atoms in total. The minimum absolute atomic E-state index is 0.0883. The average Bonchev–Trinajstić information content (AvgIpc) is 2.99. The molecule has 0 radical (unpaired) electrons. The summed E-state index contributed by atoms with van der Waals surface area (Å²) in [5.41, 5.74) is 2.54. The van der Waals surface area contributed by atoms with Gasteiger partial charge in [-0.1, -0.05) is 13.0 Å². The molecule has 5 heteroatoms. The van der Waals surface area contributed by atoms with Crippen molar-refractivity contribution >= 4 is 0 Å². The van der Waals surface area contributed by atoms with Crippen molar-refractivity contribution in [2.75, 3.05) is 0 Å². The molecule has 0 unspecified atom stereocenters. The molecular weight excluding hydrogens is 354 g/mol. The first-order valence-electron chi connectivity index (χ1n) is 10.3. The number of H-pyrrole nitrogens is 1. The normalized spacial score (nSPS) is 33.1. The van der Waals surface area contributed by atoms with Crippen LogP contribution in [0, 0.1) is 17.3 Å². The summed E-state index contributed by atoms with van der Waals surface area (Å²) < 4.78 is 0. The Labute approximate surface area is 165 Å². The van der Waals surface area contributed by atoms with Gasteiger partial charge in [0.1, 0.15) is 5.75 Å². The Kier molecular flexibility index (Phi) is 4.96. The largest absolute Gasteiger partial charge is 0.508 e. The molecule has 28 heavy (non-hydrogen) atoms. The topological polar surface area (TPSA) is 93.5 Å². The van der Waals surface area contributed by atoms with E-state index in [0.717, 1.165) is 25.2 Å². The highest BCUT2D eigenvalue weighted by Gasteiger charge is 2.54. The molecule has 0 amide bonds. The number of nitrogens with one attached hydrogen (secondary N) is 1. The lowest BCUT2D eigenvalue weighted by molar-refractivity contribution is -0.0226. The smallest absolute Gasteiger partial charge is 0.290 e. The van der Waals surface area contributed by atoms with Gasteiger partial charge in [0.05, 0.1) is 6.10 Å². The third-order valence-corrected chi connectivity index (χ3v) is 7.46. The Balaban J connectivity index is 0.000000203. The zero-order valence-electron chi connectivity index (χ0n) is 16.3. The number of rotatable bonds is 0. The van der Waals surface area contributed by atoms with Crippen LogP contribution in [0.3, 0.4) is 0 Å². The number of aliphatic hydroxyl groups excluding tert-OH is 1. The van der Waals surface area contributed by atoms with E-state index in [1.54, 1.807) is 6.07 Å². The summed E-state index contributed by atoms with van der Waals surface area (Å²) in [5.74, 6) is 2.25. The van der Waals surface area contributed by atoms with Crippen LogP contribution >= 0.6 is 0 Å². The van der Waals surface area contributed by atoms with Gasteiger partial charge in [0, 0.05) is 6.20 Å². The van der Waals surface area contributed by atoms with Gasteiger partial charge in [0.25, 0.3) is 5.56 Å². The van der Waals surface area contributed by atoms with E-state index in [4.69, 9.17) is 5.11 Å². The summed E-state index contributed by atoms with van der Waals surface area (Å²) in [7, 11) is 0. The number of aromatic nitrogens is 1. The molecule has 2 fully saturated rings.